The van der Waals surface area contributed by atoms with Gasteiger partial charge in [0, 0.05) is 34.1 Å². The standard InChI is InChI=1S/C16H21N3O2/c1-18(2)16(21)19(3)10-11-7-8-13-12(9-11)5-4-6-14(13)15(17)20/h7-9,14H,4-5,10H2,1-3H3,(H2,17,20). The molecule has 1 aromatic carbocycles. The summed E-state index contributed by atoms with van der Waals surface area (Å²) < 4.78 is 0. The van der Waals surface area contributed by atoms with Crippen LogP contribution in [0.25, 0.3) is 0 Å². The van der Waals surface area contributed by atoms with E-state index < -0.39 is 5.92 Å². The Bertz CT molecular complexity index is 554. The molecule has 0 aliphatic heterocycles. The van der Waals surface area contributed by atoms with Crippen LogP contribution in [0.3, 0.4) is 0 Å². The predicted molar refractivity (Wildman–Crippen MR) is 80.5 cm³/mol. The van der Waals surface area contributed by atoms with Crippen LogP contribution < -0.4 is 5.73 Å². The molecule has 5 heteroatoms. The second kappa shape index (κ2) is 6.16. The van der Waals surface area contributed by atoms with Crippen LogP contribution in [0.2, 0.25) is 0 Å². The molecule has 2 radical (unpaired) electrons. The predicted octanol–water partition coefficient (Wildman–Crippen LogP) is 1.40. The fourth-order valence-electron chi connectivity index (χ4n) is 2.65. The van der Waals surface area contributed by atoms with Crippen molar-refractivity contribution in [2.24, 2.45) is 5.73 Å². The molecule has 21 heavy (non-hydrogen) atoms. The first-order valence-corrected chi connectivity index (χ1v) is 6.97. The van der Waals surface area contributed by atoms with E-state index in [9.17, 15) is 9.59 Å². The van der Waals surface area contributed by atoms with Gasteiger partial charge < -0.3 is 15.5 Å². The zero-order valence-corrected chi connectivity index (χ0v) is 12.7. The number of urea groups is 1. The normalized spacial score (nSPS) is 17.0. The molecule has 5 nitrogen and oxygen atoms in total. The van der Waals surface area contributed by atoms with Crippen LogP contribution in [0.5, 0.6) is 0 Å². The SMILES string of the molecule is CN(C)C(=O)N(C)Cc1ccc2c(c1)CC[C]C2C(N)=O. The van der Waals surface area contributed by atoms with Gasteiger partial charge in [0.15, 0.2) is 0 Å². The van der Waals surface area contributed by atoms with Crippen LogP contribution in [0.4, 0.5) is 4.79 Å². The monoisotopic (exact) mass is 287 g/mol. The highest BCUT2D eigenvalue weighted by molar-refractivity contribution is 5.84. The number of carbonyl (C=O) groups is 2. The molecule has 0 aromatic heterocycles. The molecular weight excluding hydrogens is 266 g/mol. The van der Waals surface area contributed by atoms with Crippen molar-refractivity contribution < 1.29 is 9.59 Å². The molecule has 0 fully saturated rings. The molecule has 2 N–H and O–H groups in total. The Morgan fingerprint density at radius 1 is 1.33 bits per heavy atom. The Balaban J connectivity index is 2.18. The second-order valence-corrected chi connectivity index (χ2v) is 5.61. The third-order valence-electron chi connectivity index (χ3n) is 3.67. The van der Waals surface area contributed by atoms with Crippen molar-refractivity contribution >= 4 is 11.9 Å². The zero-order valence-electron chi connectivity index (χ0n) is 12.7. The highest BCUT2D eigenvalue weighted by atomic mass is 16.2. The van der Waals surface area contributed by atoms with Crippen LogP contribution in [0.1, 0.15) is 29.0 Å². The third-order valence-corrected chi connectivity index (χ3v) is 3.67. The number of aryl methyl sites for hydroxylation is 1. The van der Waals surface area contributed by atoms with Crippen molar-refractivity contribution in [1.82, 2.24) is 9.80 Å². The summed E-state index contributed by atoms with van der Waals surface area (Å²) in [6.45, 7) is 0.541. The van der Waals surface area contributed by atoms with Crippen molar-refractivity contribution in [2.75, 3.05) is 21.1 Å². The molecule has 1 unspecified atom stereocenters. The number of nitrogens with two attached hydrogens (primary N) is 1. The van der Waals surface area contributed by atoms with Crippen molar-refractivity contribution in [2.45, 2.75) is 25.3 Å². The Morgan fingerprint density at radius 2 is 2.05 bits per heavy atom. The van der Waals surface area contributed by atoms with Crippen molar-refractivity contribution in [3.05, 3.63) is 41.3 Å². The molecule has 0 heterocycles. The number of primary amides is 1. The summed E-state index contributed by atoms with van der Waals surface area (Å²) in [5, 5.41) is 0. The molecule has 2 rings (SSSR count). The van der Waals surface area contributed by atoms with Crippen LogP contribution in [-0.4, -0.2) is 42.9 Å². The number of amides is 3. The number of rotatable bonds is 3. The zero-order chi connectivity index (χ0) is 15.6. The van der Waals surface area contributed by atoms with E-state index in [1.807, 2.05) is 12.1 Å². The van der Waals surface area contributed by atoms with Gasteiger partial charge in [0.05, 0.1) is 5.92 Å². The summed E-state index contributed by atoms with van der Waals surface area (Å²) in [6, 6.07) is 5.90. The number of carbonyl (C=O) groups excluding carboxylic acids is 2. The van der Waals surface area contributed by atoms with Gasteiger partial charge >= 0.3 is 6.03 Å². The maximum atomic E-state index is 11.9. The quantitative estimate of drug-likeness (QED) is 0.913. The average Bonchev–Trinajstić information content (AvgIpc) is 2.45. The van der Waals surface area contributed by atoms with E-state index in [1.165, 1.54) is 0 Å². The molecule has 0 saturated heterocycles. The lowest BCUT2D eigenvalue weighted by Crippen LogP contribution is -2.35. The van der Waals surface area contributed by atoms with Gasteiger partial charge in [-0.15, -0.1) is 0 Å². The van der Waals surface area contributed by atoms with E-state index in [0.29, 0.717) is 6.54 Å². The fraction of sp³-hybridized carbons (Fsp3) is 0.438. The average molecular weight is 287 g/mol. The number of benzene rings is 1. The van der Waals surface area contributed by atoms with Crippen LogP contribution >= 0.6 is 0 Å². The smallest absolute Gasteiger partial charge is 0.319 e. The van der Waals surface area contributed by atoms with Gasteiger partial charge in [-0.3, -0.25) is 4.79 Å². The number of hydrogen-bond donors (Lipinski definition) is 1. The number of fused-ring (bicyclic) bond motifs is 1. The Hall–Kier alpha value is -2.04. The maximum Gasteiger partial charge on any atom is 0.319 e. The van der Waals surface area contributed by atoms with Gasteiger partial charge in [0.2, 0.25) is 5.91 Å². The van der Waals surface area contributed by atoms with Gasteiger partial charge in [0.25, 0.3) is 0 Å². The molecule has 0 bridgehead atoms. The lowest BCUT2D eigenvalue weighted by Gasteiger charge is -2.25. The Labute approximate surface area is 125 Å². The lowest BCUT2D eigenvalue weighted by atomic mass is 9.81. The summed E-state index contributed by atoms with van der Waals surface area (Å²) in [6.07, 6.45) is 4.71. The molecule has 112 valence electrons. The Kier molecular flexibility index (Phi) is 4.50. The summed E-state index contributed by atoms with van der Waals surface area (Å²) in [5.74, 6) is -0.771. The summed E-state index contributed by atoms with van der Waals surface area (Å²) in [5.41, 5.74) is 8.54. The van der Waals surface area contributed by atoms with E-state index >= 15 is 0 Å². The van der Waals surface area contributed by atoms with Crippen molar-refractivity contribution in [3.63, 3.8) is 0 Å². The molecule has 1 aliphatic carbocycles. The lowest BCUT2D eigenvalue weighted by molar-refractivity contribution is -0.118. The maximum absolute atomic E-state index is 11.9. The molecule has 3 amide bonds. The summed E-state index contributed by atoms with van der Waals surface area (Å²) in [4.78, 5) is 26.5. The largest absolute Gasteiger partial charge is 0.369 e. The molecular formula is C16H21N3O2. The van der Waals surface area contributed by atoms with Crippen LogP contribution in [0.15, 0.2) is 18.2 Å². The minimum Gasteiger partial charge on any atom is -0.369 e. The van der Waals surface area contributed by atoms with E-state index in [-0.39, 0.29) is 11.9 Å². The van der Waals surface area contributed by atoms with E-state index in [0.717, 1.165) is 29.5 Å². The van der Waals surface area contributed by atoms with E-state index in [4.69, 9.17) is 5.73 Å². The summed E-state index contributed by atoms with van der Waals surface area (Å²) >= 11 is 0. The molecule has 1 aromatic rings. The van der Waals surface area contributed by atoms with E-state index in [2.05, 4.69) is 12.5 Å². The topological polar surface area (TPSA) is 66.6 Å². The van der Waals surface area contributed by atoms with Crippen molar-refractivity contribution in [1.29, 1.82) is 0 Å². The van der Waals surface area contributed by atoms with Crippen LogP contribution in [0, 0.1) is 6.42 Å². The first kappa shape index (κ1) is 15.4. The number of hydrogen-bond acceptors (Lipinski definition) is 2. The Morgan fingerprint density at radius 3 is 2.67 bits per heavy atom. The third kappa shape index (κ3) is 3.35. The van der Waals surface area contributed by atoms with Crippen molar-refractivity contribution in [3.8, 4) is 0 Å². The fourth-order valence-corrected chi connectivity index (χ4v) is 2.65. The van der Waals surface area contributed by atoms with Gasteiger partial charge in [-0.25, -0.2) is 4.79 Å². The van der Waals surface area contributed by atoms with Gasteiger partial charge in [0.1, 0.15) is 0 Å². The molecule has 0 spiro atoms. The highest BCUT2D eigenvalue weighted by Gasteiger charge is 2.25. The molecule has 1 atom stereocenters. The van der Waals surface area contributed by atoms with Gasteiger partial charge in [-0.1, -0.05) is 18.2 Å². The number of nitrogens with zero attached hydrogens (tertiary/aromatic N) is 2. The molecule has 1 aliphatic rings. The second-order valence-electron chi connectivity index (χ2n) is 5.61. The summed E-state index contributed by atoms with van der Waals surface area (Å²) in [7, 11) is 5.24. The molecule has 0 saturated carbocycles. The minimum absolute atomic E-state index is 0.0376. The van der Waals surface area contributed by atoms with E-state index in [1.54, 1.807) is 30.9 Å². The van der Waals surface area contributed by atoms with Gasteiger partial charge in [-0.05, 0) is 29.5 Å². The first-order valence-electron chi connectivity index (χ1n) is 6.97. The minimum atomic E-state index is -0.413. The van der Waals surface area contributed by atoms with Crippen LogP contribution in [-0.2, 0) is 17.8 Å². The highest BCUT2D eigenvalue weighted by Crippen LogP contribution is 2.31. The first-order chi connectivity index (χ1) is 9.90. The van der Waals surface area contributed by atoms with Gasteiger partial charge in [-0.2, -0.15) is 0 Å².